The summed E-state index contributed by atoms with van der Waals surface area (Å²) in [5.41, 5.74) is 5.80. The van der Waals surface area contributed by atoms with Gasteiger partial charge in [0.1, 0.15) is 34.1 Å². The molecule has 2 saturated carbocycles. The van der Waals surface area contributed by atoms with Crippen LogP contribution in [0.25, 0.3) is 0 Å². The van der Waals surface area contributed by atoms with Crippen molar-refractivity contribution in [3.05, 3.63) is 152 Å². The fraction of sp³-hybridized carbons (Fsp3) is 0.457. The van der Waals surface area contributed by atoms with E-state index in [0.29, 0.717) is 211 Å². The fourth-order valence-corrected chi connectivity index (χ4v) is 12.0. The lowest BCUT2D eigenvalue weighted by Crippen LogP contribution is -2.45. The van der Waals surface area contributed by atoms with Crippen LogP contribution in [-0.4, -0.2) is 191 Å². The Morgan fingerprint density at radius 3 is 1.08 bits per heavy atom. The zero-order valence-electron chi connectivity index (χ0n) is 53.7. The minimum Gasteiger partial charge on any atom is -0.455 e. The van der Waals surface area contributed by atoms with Crippen molar-refractivity contribution >= 4 is 92.8 Å². The summed E-state index contributed by atoms with van der Waals surface area (Å²) in [5, 5.41) is 7.06. The van der Waals surface area contributed by atoms with Crippen LogP contribution >= 0.6 is 46.4 Å². The number of carbonyl (C=O) groups is 4. The van der Waals surface area contributed by atoms with E-state index in [1.165, 1.54) is 12.4 Å². The number of nitrogens with one attached hydrogen (secondary N) is 2. The molecule has 0 atom stereocenters. The Labute approximate surface area is 579 Å². The molecule has 2 fully saturated rings. The number of aryl methyl sites for hydroxylation is 2. The Kier molecular flexibility index (Phi) is 28.2. The molecule has 0 radical (unpaired) electrons. The second-order valence-electron chi connectivity index (χ2n) is 23.0. The van der Waals surface area contributed by atoms with Gasteiger partial charge in [0.25, 0.3) is 11.8 Å². The molecular weight excluding hydrogens is 1320 g/mol. The highest BCUT2D eigenvalue weighted by Gasteiger charge is 2.38. The van der Waals surface area contributed by atoms with Crippen molar-refractivity contribution in [2.45, 2.75) is 63.5 Å². The van der Waals surface area contributed by atoms with Gasteiger partial charge in [-0.05, 0) is 98.2 Å². The molecule has 4 amide bonds. The van der Waals surface area contributed by atoms with Crippen LogP contribution in [0.1, 0.15) is 70.4 Å². The van der Waals surface area contributed by atoms with Crippen molar-refractivity contribution in [1.82, 2.24) is 20.6 Å². The topological polar surface area (TPSA) is 223 Å². The van der Waals surface area contributed by atoms with Gasteiger partial charge >= 0.3 is 0 Å². The third kappa shape index (κ3) is 21.3. The standard InChI is InChI=1S/C70H82Cl4N8O14/c71-55-45-65(95-63-17-19-75-47-53(63)69(85)81-25-23-79(51-11-12-51)59-5-1-3-7-61(59)81)57(73)43-49(55)9-15-67(83)77-21-27-87-29-31-89-33-35-91-37-39-93-41-42-94-40-38-92-36-34-90-32-30-88-28-22-78-68(84)16-10-50-44-58(74)66(46-56(50)72)96-64-18-20-76-48-54(64)70(86)82-26-24-80(52-13-14-52)60-6-2-4-8-62(60)82/h1-8,17-20,43-48,51-52H,9-16,21-42H2,(H,77,83)(H,78,84). The lowest BCUT2D eigenvalue weighted by molar-refractivity contribution is -0.122. The second-order valence-corrected chi connectivity index (χ2v) is 24.7. The fourth-order valence-electron chi connectivity index (χ4n) is 11.0. The largest absolute Gasteiger partial charge is 0.455 e. The maximum atomic E-state index is 14.0. The van der Waals surface area contributed by atoms with Crippen LogP contribution in [0.3, 0.4) is 0 Å². The number of benzene rings is 4. The van der Waals surface area contributed by atoms with Crippen LogP contribution in [-0.2, 0) is 60.3 Å². The Hall–Kier alpha value is -6.90. The van der Waals surface area contributed by atoms with E-state index >= 15 is 0 Å². The molecule has 10 rings (SSSR count). The van der Waals surface area contributed by atoms with E-state index in [-0.39, 0.29) is 48.0 Å². The highest BCUT2D eigenvalue weighted by molar-refractivity contribution is 6.35. The monoisotopic (exact) mass is 1400 g/mol. The number of pyridine rings is 2. The minimum absolute atomic E-state index is 0.158. The number of aromatic nitrogens is 2. The van der Waals surface area contributed by atoms with Crippen molar-refractivity contribution in [1.29, 1.82) is 0 Å². The number of rotatable bonds is 41. The molecule has 4 aromatic carbocycles. The number of anilines is 4. The summed E-state index contributed by atoms with van der Waals surface area (Å²) in [5.74, 6) is 0.413. The van der Waals surface area contributed by atoms with Gasteiger partial charge in [-0.1, -0.05) is 70.7 Å². The third-order valence-electron chi connectivity index (χ3n) is 16.2. The number of carbonyl (C=O) groups excluding carboxylic acids is 4. The molecule has 0 bridgehead atoms. The van der Waals surface area contributed by atoms with Crippen LogP contribution in [0.5, 0.6) is 23.0 Å². The van der Waals surface area contributed by atoms with Crippen molar-refractivity contribution in [2.24, 2.45) is 0 Å². The average molecular weight is 1400 g/mol. The molecule has 2 N–H and O–H groups in total. The van der Waals surface area contributed by atoms with E-state index < -0.39 is 0 Å². The van der Waals surface area contributed by atoms with Crippen LogP contribution in [0.4, 0.5) is 22.7 Å². The van der Waals surface area contributed by atoms with Gasteiger partial charge in [-0.15, -0.1) is 0 Å². The molecule has 26 heteroatoms. The number of hydrogen-bond donors (Lipinski definition) is 2. The SMILES string of the molecule is O=C(CCc1cc(Cl)c(Oc2ccncc2C(=O)N2CCN(C3CC3)c3ccccc32)cc1Cl)NCCOCCOCCOCCOCCOCCOCCOCCOCCNC(=O)CCc1cc(Cl)c(Oc2ccncc2C(=O)N2CCN(C3CC3)c3ccccc32)cc1Cl. The van der Waals surface area contributed by atoms with E-state index in [0.717, 1.165) is 61.5 Å². The zero-order chi connectivity index (χ0) is 66.9. The van der Waals surface area contributed by atoms with E-state index in [1.807, 2.05) is 36.4 Å². The summed E-state index contributed by atoms with van der Waals surface area (Å²) < 4.78 is 57.0. The van der Waals surface area contributed by atoms with Crippen molar-refractivity contribution in [3.8, 4) is 23.0 Å². The number of para-hydroxylation sites is 4. The molecule has 2 aliphatic carbocycles. The van der Waals surface area contributed by atoms with Crippen LogP contribution in [0.2, 0.25) is 20.1 Å². The summed E-state index contributed by atoms with van der Waals surface area (Å²) in [6, 6.07) is 26.8. The molecule has 6 aromatic rings. The Morgan fingerprint density at radius 2 is 0.740 bits per heavy atom. The van der Waals surface area contributed by atoms with Crippen LogP contribution < -0.4 is 39.7 Å². The lowest BCUT2D eigenvalue weighted by Gasteiger charge is -2.38. The van der Waals surface area contributed by atoms with Crippen LogP contribution in [0, 0.1) is 0 Å². The summed E-state index contributed by atoms with van der Waals surface area (Å²) in [4.78, 5) is 70.1. The molecule has 4 aliphatic rings. The first-order valence-electron chi connectivity index (χ1n) is 32.7. The average Bonchev–Trinajstić information content (AvgIpc) is 1.65. The molecule has 2 aromatic heterocycles. The molecule has 22 nitrogen and oxygen atoms in total. The smallest absolute Gasteiger partial charge is 0.263 e. The number of fused-ring (bicyclic) bond motifs is 2. The van der Waals surface area contributed by atoms with E-state index in [9.17, 15) is 19.2 Å². The first kappa shape index (κ1) is 71.9. The lowest BCUT2D eigenvalue weighted by atomic mass is 10.1. The number of amides is 4. The number of ether oxygens (including phenoxy) is 10. The van der Waals surface area contributed by atoms with E-state index in [4.69, 9.17) is 93.8 Å². The van der Waals surface area contributed by atoms with Crippen molar-refractivity contribution in [3.63, 3.8) is 0 Å². The maximum absolute atomic E-state index is 14.0. The highest BCUT2D eigenvalue weighted by atomic mass is 35.5. The first-order valence-corrected chi connectivity index (χ1v) is 34.2. The zero-order valence-corrected chi connectivity index (χ0v) is 56.7. The van der Waals surface area contributed by atoms with E-state index in [1.54, 1.807) is 58.6 Å². The van der Waals surface area contributed by atoms with Gasteiger partial charge in [-0.3, -0.25) is 29.1 Å². The number of hydrogen-bond acceptors (Lipinski definition) is 18. The molecule has 96 heavy (non-hydrogen) atoms. The van der Waals surface area contributed by atoms with Gasteiger partial charge < -0.3 is 77.6 Å². The van der Waals surface area contributed by atoms with Gasteiger partial charge in [0.05, 0.1) is 139 Å². The number of nitrogens with zero attached hydrogens (tertiary/aromatic N) is 6. The summed E-state index contributed by atoms with van der Waals surface area (Å²) in [6.45, 7) is 9.64. The highest BCUT2D eigenvalue weighted by Crippen LogP contribution is 2.44. The van der Waals surface area contributed by atoms with Crippen LogP contribution in [0.15, 0.2) is 110 Å². The Morgan fingerprint density at radius 1 is 0.406 bits per heavy atom. The van der Waals surface area contributed by atoms with Gasteiger partial charge in [-0.2, -0.15) is 0 Å². The predicted octanol–water partition coefficient (Wildman–Crippen LogP) is 10.9. The maximum Gasteiger partial charge on any atom is 0.263 e. The molecule has 0 saturated heterocycles. The molecule has 4 heterocycles. The Bertz CT molecular complexity index is 3310. The molecule has 2 aliphatic heterocycles. The molecular formula is C70H82Cl4N8O14. The van der Waals surface area contributed by atoms with Gasteiger partial charge in [-0.25, -0.2) is 0 Å². The van der Waals surface area contributed by atoms with Gasteiger partial charge in [0, 0.05) is 111 Å². The van der Waals surface area contributed by atoms with Crippen molar-refractivity contribution < 1.29 is 66.5 Å². The molecule has 0 spiro atoms. The second kappa shape index (κ2) is 37.7. The normalized spacial score (nSPS) is 14.3. The number of halogens is 4. The summed E-state index contributed by atoms with van der Waals surface area (Å²) >= 11 is 26.7. The third-order valence-corrected chi connectivity index (χ3v) is 17.5. The van der Waals surface area contributed by atoms with Gasteiger partial charge in [0.2, 0.25) is 11.8 Å². The first-order chi connectivity index (χ1) is 47.0. The summed E-state index contributed by atoms with van der Waals surface area (Å²) in [7, 11) is 0. The molecule has 514 valence electrons. The summed E-state index contributed by atoms with van der Waals surface area (Å²) in [6.07, 6.45) is 11.9. The van der Waals surface area contributed by atoms with E-state index in [2.05, 4.69) is 42.5 Å². The van der Waals surface area contributed by atoms with Gasteiger partial charge in [0.15, 0.2) is 0 Å². The Balaban J connectivity index is 0.471. The predicted molar refractivity (Wildman–Crippen MR) is 368 cm³/mol. The van der Waals surface area contributed by atoms with Crippen molar-refractivity contribution in [2.75, 3.05) is 165 Å². The molecule has 0 unspecified atom stereocenters. The minimum atomic E-state index is -0.220. The quantitative estimate of drug-likeness (QED) is 0.0341.